The number of rotatable bonds is 5. The number of ether oxygens (including phenoxy) is 1. The molecule has 33 heavy (non-hydrogen) atoms. The van der Waals surface area contributed by atoms with Gasteiger partial charge in [0.05, 0.1) is 29.9 Å². The van der Waals surface area contributed by atoms with Crippen LogP contribution in [0.2, 0.25) is 0 Å². The summed E-state index contributed by atoms with van der Waals surface area (Å²) in [6, 6.07) is 12.0. The largest absolute Gasteiger partial charge is 0.368 e. The first-order valence-electron chi connectivity index (χ1n) is 11.0. The van der Waals surface area contributed by atoms with Crippen molar-refractivity contribution >= 4 is 22.7 Å². The molecule has 2 amide bonds. The average Bonchev–Trinajstić information content (AvgIpc) is 2.83. The Morgan fingerprint density at radius 1 is 1.21 bits per heavy atom. The van der Waals surface area contributed by atoms with Gasteiger partial charge in [0, 0.05) is 31.6 Å². The number of hydrogen-bond donors (Lipinski definition) is 1. The number of carbonyl (C=O) groups excluding carboxylic acids is 2. The van der Waals surface area contributed by atoms with Gasteiger partial charge in [-0.15, -0.1) is 0 Å². The van der Waals surface area contributed by atoms with Crippen molar-refractivity contribution in [3.8, 4) is 0 Å². The minimum absolute atomic E-state index is 0.165. The number of amides is 2. The normalized spacial score (nSPS) is 16.2. The minimum atomic E-state index is -0.489. The zero-order valence-corrected chi connectivity index (χ0v) is 18.9. The van der Waals surface area contributed by atoms with E-state index in [1.807, 2.05) is 38.1 Å². The minimum Gasteiger partial charge on any atom is -0.368 e. The molecule has 1 fully saturated rings. The van der Waals surface area contributed by atoms with Crippen LogP contribution in [0.3, 0.4) is 0 Å². The molecule has 0 saturated carbocycles. The summed E-state index contributed by atoms with van der Waals surface area (Å²) in [5.74, 6) is -0.120. The number of morpholine rings is 1. The number of nitrogens with one attached hydrogen (secondary N) is 1. The molecule has 1 aromatic carbocycles. The highest BCUT2D eigenvalue weighted by Crippen LogP contribution is 2.26. The van der Waals surface area contributed by atoms with Crippen LogP contribution in [-0.2, 0) is 11.8 Å². The Morgan fingerprint density at radius 3 is 2.76 bits per heavy atom. The van der Waals surface area contributed by atoms with Crippen LogP contribution in [0.1, 0.15) is 46.5 Å². The Morgan fingerprint density at radius 2 is 2.00 bits per heavy atom. The van der Waals surface area contributed by atoms with Crippen LogP contribution in [-0.4, -0.2) is 57.7 Å². The maximum Gasteiger partial charge on any atom is 0.274 e. The third-order valence-corrected chi connectivity index (χ3v) is 5.51. The Balaban J connectivity index is 1.62. The fourth-order valence-corrected chi connectivity index (χ4v) is 3.73. The zero-order chi connectivity index (χ0) is 23.5. The van der Waals surface area contributed by atoms with E-state index in [2.05, 4.69) is 10.4 Å². The van der Waals surface area contributed by atoms with Crippen molar-refractivity contribution in [1.29, 1.82) is 0 Å². The van der Waals surface area contributed by atoms with Crippen LogP contribution in [0.25, 0.3) is 10.9 Å². The molecular weight excluding hydrogens is 422 g/mol. The first kappa shape index (κ1) is 22.6. The molecule has 1 atom stereocenters. The van der Waals surface area contributed by atoms with Crippen LogP contribution in [0, 0.1) is 5.92 Å². The predicted molar refractivity (Wildman–Crippen MR) is 123 cm³/mol. The lowest BCUT2D eigenvalue weighted by molar-refractivity contribution is -0.0248. The molecule has 1 aliphatic rings. The van der Waals surface area contributed by atoms with Crippen molar-refractivity contribution in [2.45, 2.75) is 20.0 Å². The van der Waals surface area contributed by atoms with E-state index in [1.54, 1.807) is 11.0 Å². The molecule has 1 N–H and O–H groups in total. The highest BCUT2D eigenvalue weighted by molar-refractivity contribution is 6.06. The SMILES string of the molecule is CC(C)CNC(=O)c1cc([C@H]2CN(C(=O)c3ccc(=O)n(C)n3)CCO2)nc2ccccc12. The molecule has 0 spiro atoms. The van der Waals surface area contributed by atoms with Crippen LogP contribution >= 0.6 is 0 Å². The maximum atomic E-state index is 13.0. The lowest BCUT2D eigenvalue weighted by Crippen LogP contribution is -2.43. The molecule has 9 nitrogen and oxygen atoms in total. The molecule has 1 saturated heterocycles. The predicted octanol–water partition coefficient (Wildman–Crippen LogP) is 1.93. The molecule has 4 rings (SSSR count). The van der Waals surface area contributed by atoms with E-state index in [4.69, 9.17) is 9.72 Å². The number of aromatic nitrogens is 3. The summed E-state index contributed by atoms with van der Waals surface area (Å²) in [6.07, 6.45) is -0.489. The molecule has 0 radical (unpaired) electrons. The third kappa shape index (κ3) is 4.93. The molecule has 3 aromatic rings. The molecule has 2 aromatic heterocycles. The van der Waals surface area contributed by atoms with Crippen molar-refractivity contribution in [2.75, 3.05) is 26.2 Å². The molecule has 0 unspecified atom stereocenters. The second-order valence-electron chi connectivity index (χ2n) is 8.51. The summed E-state index contributed by atoms with van der Waals surface area (Å²) in [5.41, 5.74) is 1.72. The fraction of sp³-hybridized carbons (Fsp3) is 0.375. The lowest BCUT2D eigenvalue weighted by Gasteiger charge is -2.32. The van der Waals surface area contributed by atoms with Gasteiger partial charge in [0.1, 0.15) is 11.8 Å². The highest BCUT2D eigenvalue weighted by atomic mass is 16.5. The second kappa shape index (κ2) is 9.50. The Kier molecular flexibility index (Phi) is 6.50. The summed E-state index contributed by atoms with van der Waals surface area (Å²) in [4.78, 5) is 43.9. The summed E-state index contributed by atoms with van der Waals surface area (Å²) in [7, 11) is 1.51. The van der Waals surface area contributed by atoms with Gasteiger partial charge in [-0.25, -0.2) is 9.67 Å². The average molecular weight is 450 g/mol. The Labute approximate surface area is 191 Å². The second-order valence-corrected chi connectivity index (χ2v) is 8.51. The van der Waals surface area contributed by atoms with E-state index in [1.165, 1.54) is 19.2 Å². The summed E-state index contributed by atoms with van der Waals surface area (Å²) < 4.78 is 7.08. The monoisotopic (exact) mass is 449 g/mol. The van der Waals surface area contributed by atoms with Gasteiger partial charge < -0.3 is 15.0 Å². The number of para-hydroxylation sites is 1. The van der Waals surface area contributed by atoms with Crippen molar-refractivity contribution in [3.63, 3.8) is 0 Å². The number of pyridine rings is 1. The first-order valence-corrected chi connectivity index (χ1v) is 11.0. The molecule has 172 valence electrons. The van der Waals surface area contributed by atoms with E-state index >= 15 is 0 Å². The van der Waals surface area contributed by atoms with Gasteiger partial charge in [-0.3, -0.25) is 14.4 Å². The Bertz CT molecular complexity index is 1250. The number of nitrogens with zero attached hydrogens (tertiary/aromatic N) is 4. The zero-order valence-electron chi connectivity index (χ0n) is 18.9. The van der Waals surface area contributed by atoms with Crippen molar-refractivity contribution < 1.29 is 14.3 Å². The Hall–Kier alpha value is -3.59. The van der Waals surface area contributed by atoms with Gasteiger partial charge in [-0.05, 0) is 24.1 Å². The van der Waals surface area contributed by atoms with E-state index in [0.29, 0.717) is 42.4 Å². The molecule has 9 heteroatoms. The van der Waals surface area contributed by atoms with E-state index in [0.717, 1.165) is 10.1 Å². The number of benzene rings is 1. The highest BCUT2D eigenvalue weighted by Gasteiger charge is 2.29. The molecule has 0 aliphatic carbocycles. The quantitative estimate of drug-likeness (QED) is 0.638. The number of fused-ring (bicyclic) bond motifs is 1. The molecule has 1 aliphatic heterocycles. The molecule has 0 bridgehead atoms. The van der Waals surface area contributed by atoms with Crippen LogP contribution in [0.5, 0.6) is 0 Å². The van der Waals surface area contributed by atoms with Crippen LogP contribution in [0.4, 0.5) is 0 Å². The fourth-order valence-electron chi connectivity index (χ4n) is 3.73. The first-order chi connectivity index (χ1) is 15.8. The van der Waals surface area contributed by atoms with Crippen molar-refractivity contribution in [1.82, 2.24) is 25.0 Å². The standard InChI is InChI=1S/C24H27N5O4/c1-15(2)13-25-23(31)17-12-20(26-18-7-5-4-6-16(17)18)21-14-29(10-11-33-21)24(32)19-8-9-22(30)28(3)27-19/h4-9,12,15,21H,10-11,13-14H2,1-3H3,(H,25,31)/t21-/m1/s1. The number of carbonyl (C=O) groups is 2. The number of aryl methyl sites for hydroxylation is 1. The van der Waals surface area contributed by atoms with Gasteiger partial charge in [0.2, 0.25) is 0 Å². The lowest BCUT2D eigenvalue weighted by atomic mass is 10.0. The van der Waals surface area contributed by atoms with Gasteiger partial charge >= 0.3 is 0 Å². The van der Waals surface area contributed by atoms with Crippen LogP contribution in [0.15, 0.2) is 47.3 Å². The van der Waals surface area contributed by atoms with Crippen LogP contribution < -0.4 is 10.9 Å². The molecular formula is C24H27N5O4. The van der Waals surface area contributed by atoms with Gasteiger partial charge in [0.25, 0.3) is 17.4 Å². The van der Waals surface area contributed by atoms with E-state index in [9.17, 15) is 14.4 Å². The molecule has 3 heterocycles. The van der Waals surface area contributed by atoms with Gasteiger partial charge in [0.15, 0.2) is 0 Å². The van der Waals surface area contributed by atoms with Gasteiger partial charge in [-0.2, -0.15) is 5.10 Å². The summed E-state index contributed by atoms with van der Waals surface area (Å²) in [5, 5.41) is 7.80. The third-order valence-electron chi connectivity index (χ3n) is 5.51. The van der Waals surface area contributed by atoms with E-state index < -0.39 is 6.10 Å². The van der Waals surface area contributed by atoms with Gasteiger partial charge in [-0.1, -0.05) is 32.0 Å². The summed E-state index contributed by atoms with van der Waals surface area (Å²) in [6.45, 7) is 5.64. The maximum absolute atomic E-state index is 13.0. The topological polar surface area (TPSA) is 106 Å². The van der Waals surface area contributed by atoms with Crippen molar-refractivity contribution in [3.05, 3.63) is 69.8 Å². The smallest absolute Gasteiger partial charge is 0.274 e. The van der Waals surface area contributed by atoms with Crippen molar-refractivity contribution in [2.24, 2.45) is 13.0 Å². The number of hydrogen-bond acceptors (Lipinski definition) is 6. The summed E-state index contributed by atoms with van der Waals surface area (Å²) >= 11 is 0. The van der Waals surface area contributed by atoms with E-state index in [-0.39, 0.29) is 29.6 Å².